The van der Waals surface area contributed by atoms with Crippen molar-refractivity contribution in [2.45, 2.75) is 24.8 Å². The van der Waals surface area contributed by atoms with Gasteiger partial charge in [0.2, 0.25) is 0 Å². The predicted octanol–water partition coefficient (Wildman–Crippen LogP) is 1.19. The number of nitrogens with two attached hydrogens (primary N) is 1. The second-order valence-corrected chi connectivity index (χ2v) is 4.97. The number of anilines is 1. The van der Waals surface area contributed by atoms with Crippen molar-refractivity contribution in [1.29, 1.82) is 0 Å². The van der Waals surface area contributed by atoms with Crippen LogP contribution in [0.3, 0.4) is 0 Å². The van der Waals surface area contributed by atoms with E-state index in [1.54, 1.807) is 0 Å². The minimum absolute atomic E-state index is 0.367. The summed E-state index contributed by atoms with van der Waals surface area (Å²) in [6.45, 7) is 4.00. The maximum atomic E-state index is 5.73. The highest BCUT2D eigenvalue weighted by atomic mass is 15.0. The molecule has 3 rings (SSSR count). The van der Waals surface area contributed by atoms with Crippen LogP contribution in [0.2, 0.25) is 0 Å². The lowest BCUT2D eigenvalue weighted by Crippen LogP contribution is -2.41. The summed E-state index contributed by atoms with van der Waals surface area (Å²) < 4.78 is 0. The molecular formula is C13H19N3. The number of hydrogen-bond acceptors (Lipinski definition) is 3. The zero-order chi connectivity index (χ0) is 11.0. The van der Waals surface area contributed by atoms with Gasteiger partial charge in [-0.1, -0.05) is 12.1 Å². The fourth-order valence-corrected chi connectivity index (χ4v) is 3.02. The third-order valence-electron chi connectivity index (χ3n) is 4.07. The Bertz CT molecular complexity index is 389. The topological polar surface area (TPSA) is 50.1 Å². The second kappa shape index (κ2) is 3.75. The molecule has 2 aliphatic rings. The van der Waals surface area contributed by atoms with Gasteiger partial charge in [-0.3, -0.25) is 0 Å². The minimum Gasteiger partial charge on any atom is -0.384 e. The van der Waals surface area contributed by atoms with Gasteiger partial charge in [-0.05, 0) is 43.1 Å². The molecule has 2 aliphatic heterocycles. The molecule has 1 fully saturated rings. The third kappa shape index (κ3) is 1.43. The summed E-state index contributed by atoms with van der Waals surface area (Å²) in [6.07, 6.45) is 2.47. The lowest BCUT2D eigenvalue weighted by Gasteiger charge is -2.34. The molecule has 0 saturated carbocycles. The molecule has 0 unspecified atom stereocenters. The van der Waals surface area contributed by atoms with Crippen molar-refractivity contribution in [3.05, 3.63) is 29.3 Å². The normalized spacial score (nSPS) is 21.8. The van der Waals surface area contributed by atoms with Gasteiger partial charge < -0.3 is 16.4 Å². The van der Waals surface area contributed by atoms with Gasteiger partial charge in [0.1, 0.15) is 0 Å². The minimum atomic E-state index is 0.367. The van der Waals surface area contributed by atoms with Crippen LogP contribution in [-0.2, 0) is 12.0 Å². The molecule has 0 atom stereocenters. The molecular weight excluding hydrogens is 198 g/mol. The van der Waals surface area contributed by atoms with Gasteiger partial charge in [0, 0.05) is 24.2 Å². The lowest BCUT2D eigenvalue weighted by molar-refractivity contribution is 0.335. The molecule has 3 heteroatoms. The zero-order valence-electron chi connectivity index (χ0n) is 9.55. The Hall–Kier alpha value is -1.06. The fourth-order valence-electron chi connectivity index (χ4n) is 3.02. The lowest BCUT2D eigenvalue weighted by atomic mass is 9.74. The Labute approximate surface area is 96.4 Å². The second-order valence-electron chi connectivity index (χ2n) is 4.97. The van der Waals surface area contributed by atoms with E-state index in [-0.39, 0.29) is 0 Å². The molecule has 0 bridgehead atoms. The summed E-state index contributed by atoms with van der Waals surface area (Å²) in [6, 6.07) is 6.63. The maximum Gasteiger partial charge on any atom is 0.0379 e. The van der Waals surface area contributed by atoms with E-state index in [9.17, 15) is 0 Å². The first-order valence-corrected chi connectivity index (χ1v) is 6.12. The summed E-state index contributed by atoms with van der Waals surface area (Å²) in [7, 11) is 0. The van der Waals surface area contributed by atoms with Crippen LogP contribution >= 0.6 is 0 Å². The Morgan fingerprint density at radius 2 is 2.06 bits per heavy atom. The van der Waals surface area contributed by atoms with Crippen molar-refractivity contribution in [3.63, 3.8) is 0 Å². The van der Waals surface area contributed by atoms with E-state index < -0.39 is 0 Å². The van der Waals surface area contributed by atoms with Crippen molar-refractivity contribution < 1.29 is 0 Å². The van der Waals surface area contributed by atoms with E-state index >= 15 is 0 Å². The largest absolute Gasteiger partial charge is 0.384 e. The molecule has 1 aromatic carbocycles. The van der Waals surface area contributed by atoms with Gasteiger partial charge >= 0.3 is 0 Å². The van der Waals surface area contributed by atoms with Crippen molar-refractivity contribution in [2.24, 2.45) is 5.73 Å². The van der Waals surface area contributed by atoms with Crippen LogP contribution < -0.4 is 16.4 Å². The highest BCUT2D eigenvalue weighted by Crippen LogP contribution is 2.42. The summed E-state index contributed by atoms with van der Waals surface area (Å²) in [4.78, 5) is 0. The van der Waals surface area contributed by atoms with Crippen molar-refractivity contribution in [1.82, 2.24) is 5.32 Å². The molecule has 1 aromatic rings. The van der Waals surface area contributed by atoms with Crippen LogP contribution in [0, 0.1) is 0 Å². The first-order valence-electron chi connectivity index (χ1n) is 6.12. The van der Waals surface area contributed by atoms with Crippen LogP contribution in [0.1, 0.15) is 24.0 Å². The van der Waals surface area contributed by atoms with Crippen molar-refractivity contribution in [2.75, 3.05) is 25.0 Å². The molecule has 86 valence electrons. The van der Waals surface area contributed by atoms with Gasteiger partial charge in [0.15, 0.2) is 0 Å². The van der Waals surface area contributed by atoms with Crippen molar-refractivity contribution >= 4 is 5.69 Å². The number of piperidine rings is 1. The molecule has 1 spiro atoms. The number of nitrogens with one attached hydrogen (secondary N) is 2. The van der Waals surface area contributed by atoms with E-state index in [1.165, 1.54) is 29.7 Å². The molecule has 2 heterocycles. The van der Waals surface area contributed by atoms with E-state index in [2.05, 4.69) is 28.8 Å². The number of hydrogen-bond donors (Lipinski definition) is 3. The molecule has 1 saturated heterocycles. The quantitative estimate of drug-likeness (QED) is 0.662. The van der Waals surface area contributed by atoms with Crippen LogP contribution in [-0.4, -0.2) is 19.6 Å². The Morgan fingerprint density at radius 3 is 2.81 bits per heavy atom. The molecule has 16 heavy (non-hydrogen) atoms. The van der Waals surface area contributed by atoms with Gasteiger partial charge in [-0.15, -0.1) is 0 Å². The fraction of sp³-hybridized carbons (Fsp3) is 0.538. The summed E-state index contributed by atoms with van der Waals surface area (Å²) >= 11 is 0. The number of fused-ring (bicyclic) bond motifs is 2. The molecule has 0 aromatic heterocycles. The van der Waals surface area contributed by atoms with E-state index in [0.29, 0.717) is 12.0 Å². The van der Waals surface area contributed by atoms with Gasteiger partial charge in [-0.25, -0.2) is 0 Å². The highest BCUT2D eigenvalue weighted by Gasteiger charge is 2.39. The Balaban J connectivity index is 2.02. The standard InChI is InChI=1S/C13H19N3/c14-8-10-1-2-12-11(7-10)13(9-16-12)3-5-15-6-4-13/h1-2,7,15-16H,3-6,8-9,14H2. The number of benzene rings is 1. The monoisotopic (exact) mass is 217 g/mol. The summed E-state index contributed by atoms with van der Waals surface area (Å²) in [5, 5.41) is 6.99. The molecule has 0 aliphatic carbocycles. The van der Waals surface area contributed by atoms with Crippen LogP contribution in [0.5, 0.6) is 0 Å². The third-order valence-corrected chi connectivity index (χ3v) is 4.07. The number of rotatable bonds is 1. The average Bonchev–Trinajstić information content (AvgIpc) is 2.69. The van der Waals surface area contributed by atoms with E-state index in [4.69, 9.17) is 5.73 Å². The highest BCUT2D eigenvalue weighted by molar-refractivity contribution is 5.61. The summed E-state index contributed by atoms with van der Waals surface area (Å²) in [5.74, 6) is 0. The summed E-state index contributed by atoms with van der Waals surface area (Å²) in [5.41, 5.74) is 10.2. The predicted molar refractivity (Wildman–Crippen MR) is 66.6 cm³/mol. The smallest absolute Gasteiger partial charge is 0.0379 e. The maximum absolute atomic E-state index is 5.73. The zero-order valence-corrected chi connectivity index (χ0v) is 9.55. The van der Waals surface area contributed by atoms with Crippen LogP contribution in [0.15, 0.2) is 18.2 Å². The molecule has 0 amide bonds. The molecule has 0 radical (unpaired) electrons. The first kappa shape index (κ1) is 10.1. The first-order chi connectivity index (χ1) is 7.84. The van der Waals surface area contributed by atoms with Crippen LogP contribution in [0.25, 0.3) is 0 Å². The van der Waals surface area contributed by atoms with Gasteiger partial charge in [0.05, 0.1) is 0 Å². The average molecular weight is 217 g/mol. The molecule has 3 nitrogen and oxygen atoms in total. The van der Waals surface area contributed by atoms with Gasteiger partial charge in [0.25, 0.3) is 0 Å². The van der Waals surface area contributed by atoms with E-state index in [0.717, 1.165) is 19.6 Å². The Kier molecular flexibility index (Phi) is 2.37. The Morgan fingerprint density at radius 1 is 1.25 bits per heavy atom. The molecule has 4 N–H and O–H groups in total. The SMILES string of the molecule is NCc1ccc2c(c1)C1(CCNCC1)CN2. The van der Waals surface area contributed by atoms with Crippen molar-refractivity contribution in [3.8, 4) is 0 Å². The van der Waals surface area contributed by atoms with Gasteiger partial charge in [-0.2, -0.15) is 0 Å². The van der Waals surface area contributed by atoms with E-state index in [1.807, 2.05) is 0 Å². The van der Waals surface area contributed by atoms with Crippen LogP contribution in [0.4, 0.5) is 5.69 Å².